The molecule has 0 aliphatic heterocycles. The highest BCUT2D eigenvalue weighted by atomic mass is 35.5. The van der Waals surface area contributed by atoms with Gasteiger partial charge >= 0.3 is 0 Å². The Morgan fingerprint density at radius 3 is 2.40 bits per heavy atom. The summed E-state index contributed by atoms with van der Waals surface area (Å²) in [5.74, 6) is -0.433. The fourth-order valence-electron chi connectivity index (χ4n) is 2.98. The molecule has 0 saturated heterocycles. The molecule has 0 radical (unpaired) electrons. The van der Waals surface area contributed by atoms with Crippen molar-refractivity contribution in [3.8, 4) is 0 Å². The monoisotopic (exact) mass is 357 g/mol. The lowest BCUT2D eigenvalue weighted by atomic mass is 9.95. The van der Waals surface area contributed by atoms with Crippen molar-refractivity contribution in [1.29, 1.82) is 0 Å². The van der Waals surface area contributed by atoms with Crippen LogP contribution in [0, 0.1) is 0 Å². The Kier molecular flexibility index (Phi) is 5.66. The number of benzene rings is 1. The van der Waals surface area contributed by atoms with Crippen LogP contribution in [0.4, 0.5) is 5.69 Å². The lowest BCUT2D eigenvalue weighted by molar-refractivity contribution is 0.0926. The molecule has 0 spiro atoms. The van der Waals surface area contributed by atoms with E-state index in [0.29, 0.717) is 21.8 Å². The molecule has 6 heteroatoms. The van der Waals surface area contributed by atoms with E-state index in [1.807, 2.05) is 0 Å². The summed E-state index contributed by atoms with van der Waals surface area (Å²) < 4.78 is 0. The van der Waals surface area contributed by atoms with Gasteiger partial charge in [0.1, 0.15) is 0 Å². The maximum atomic E-state index is 12.5. The third-order valence-electron chi connectivity index (χ3n) is 4.36. The summed E-state index contributed by atoms with van der Waals surface area (Å²) >= 11 is 6.17. The van der Waals surface area contributed by atoms with Gasteiger partial charge < -0.3 is 10.6 Å². The van der Waals surface area contributed by atoms with Crippen LogP contribution in [0.25, 0.3) is 0 Å². The van der Waals surface area contributed by atoms with Crippen molar-refractivity contribution in [2.24, 2.45) is 0 Å². The molecular formula is C19H20ClN3O2. The van der Waals surface area contributed by atoms with Gasteiger partial charge in [-0.15, -0.1) is 0 Å². The van der Waals surface area contributed by atoms with Crippen LogP contribution in [-0.2, 0) is 0 Å². The third kappa shape index (κ3) is 4.57. The predicted molar refractivity (Wildman–Crippen MR) is 98.0 cm³/mol. The summed E-state index contributed by atoms with van der Waals surface area (Å²) in [6, 6.07) is 8.36. The molecule has 130 valence electrons. The molecule has 0 atom stereocenters. The first-order valence-corrected chi connectivity index (χ1v) is 8.83. The molecule has 1 aliphatic carbocycles. The summed E-state index contributed by atoms with van der Waals surface area (Å²) in [7, 11) is 0. The lowest BCUT2D eigenvalue weighted by Crippen LogP contribution is -2.36. The largest absolute Gasteiger partial charge is 0.349 e. The van der Waals surface area contributed by atoms with Gasteiger partial charge in [-0.1, -0.05) is 30.9 Å². The van der Waals surface area contributed by atoms with Gasteiger partial charge in [0.15, 0.2) is 0 Å². The maximum absolute atomic E-state index is 12.5. The van der Waals surface area contributed by atoms with Crippen LogP contribution >= 0.6 is 11.6 Å². The number of pyridine rings is 1. The second-order valence-corrected chi connectivity index (χ2v) is 6.60. The van der Waals surface area contributed by atoms with Gasteiger partial charge in [-0.3, -0.25) is 14.6 Å². The zero-order valence-corrected chi connectivity index (χ0v) is 14.6. The van der Waals surface area contributed by atoms with Crippen molar-refractivity contribution in [2.45, 2.75) is 38.1 Å². The highest BCUT2D eigenvalue weighted by Gasteiger charge is 2.18. The molecule has 25 heavy (non-hydrogen) atoms. The molecule has 1 heterocycles. The maximum Gasteiger partial charge on any atom is 0.255 e. The number of aromatic nitrogens is 1. The molecule has 1 aromatic heterocycles. The Labute approximate surface area is 151 Å². The van der Waals surface area contributed by atoms with E-state index in [4.69, 9.17) is 11.6 Å². The Morgan fingerprint density at radius 2 is 1.68 bits per heavy atom. The summed E-state index contributed by atoms with van der Waals surface area (Å²) in [5.41, 5.74) is 1.38. The standard InChI is InChI=1S/C19H20ClN3O2/c20-16-7-6-14(19(25)22-15-4-2-1-3-5-15)12-17(16)23-18(24)13-8-10-21-11-9-13/h6-12,15H,1-5H2,(H,22,25)(H,23,24). The Balaban J connectivity index is 1.71. The average Bonchev–Trinajstić information content (AvgIpc) is 2.65. The highest BCUT2D eigenvalue weighted by Crippen LogP contribution is 2.24. The second-order valence-electron chi connectivity index (χ2n) is 6.19. The Bertz CT molecular complexity index is 759. The number of rotatable bonds is 4. The van der Waals surface area contributed by atoms with Gasteiger partial charge in [0.25, 0.3) is 11.8 Å². The first-order valence-electron chi connectivity index (χ1n) is 8.45. The minimum Gasteiger partial charge on any atom is -0.349 e. The molecule has 5 nitrogen and oxygen atoms in total. The molecule has 0 bridgehead atoms. The lowest BCUT2D eigenvalue weighted by Gasteiger charge is -2.23. The summed E-state index contributed by atoms with van der Waals surface area (Å²) in [6.07, 6.45) is 8.67. The zero-order chi connectivity index (χ0) is 17.6. The van der Waals surface area contributed by atoms with Crippen LogP contribution in [0.3, 0.4) is 0 Å². The summed E-state index contributed by atoms with van der Waals surface area (Å²) in [6.45, 7) is 0. The normalized spacial score (nSPS) is 14.8. The second kappa shape index (κ2) is 8.12. The molecule has 2 aromatic rings. The van der Waals surface area contributed by atoms with Crippen LogP contribution < -0.4 is 10.6 Å². The number of nitrogens with one attached hydrogen (secondary N) is 2. The molecule has 1 saturated carbocycles. The van der Waals surface area contributed by atoms with E-state index in [1.165, 1.54) is 6.42 Å². The minimum atomic E-state index is -0.297. The molecule has 1 aliphatic rings. The van der Waals surface area contributed by atoms with Crippen molar-refractivity contribution < 1.29 is 9.59 Å². The van der Waals surface area contributed by atoms with Crippen LogP contribution in [0.1, 0.15) is 52.8 Å². The van der Waals surface area contributed by atoms with E-state index in [0.717, 1.165) is 25.7 Å². The predicted octanol–water partition coefficient (Wildman–Crippen LogP) is 4.05. The van der Waals surface area contributed by atoms with Gasteiger partial charge in [0.05, 0.1) is 10.7 Å². The number of anilines is 1. The van der Waals surface area contributed by atoms with Crippen molar-refractivity contribution in [1.82, 2.24) is 10.3 Å². The topological polar surface area (TPSA) is 71.1 Å². The first kappa shape index (κ1) is 17.4. The van der Waals surface area contributed by atoms with Crippen molar-refractivity contribution in [3.05, 3.63) is 58.9 Å². The smallest absolute Gasteiger partial charge is 0.255 e. The van der Waals surface area contributed by atoms with Crippen LogP contribution in [-0.4, -0.2) is 22.8 Å². The molecule has 3 rings (SSSR count). The van der Waals surface area contributed by atoms with E-state index in [1.54, 1.807) is 42.7 Å². The van der Waals surface area contributed by atoms with E-state index in [9.17, 15) is 9.59 Å². The van der Waals surface area contributed by atoms with Gasteiger partial charge in [-0.2, -0.15) is 0 Å². The number of carbonyl (C=O) groups is 2. The quantitative estimate of drug-likeness (QED) is 0.867. The van der Waals surface area contributed by atoms with Crippen LogP contribution in [0.5, 0.6) is 0 Å². The highest BCUT2D eigenvalue weighted by molar-refractivity contribution is 6.34. The molecule has 2 amide bonds. The molecule has 2 N–H and O–H groups in total. The van der Waals surface area contributed by atoms with Gasteiger partial charge in [0.2, 0.25) is 0 Å². The van der Waals surface area contributed by atoms with E-state index >= 15 is 0 Å². The molecule has 1 aromatic carbocycles. The SMILES string of the molecule is O=C(Nc1cc(C(=O)NC2CCCCC2)ccc1Cl)c1ccncc1. The molecular weight excluding hydrogens is 338 g/mol. The number of halogens is 1. The van der Waals surface area contributed by atoms with Crippen LogP contribution in [0.15, 0.2) is 42.7 Å². The fraction of sp³-hybridized carbons (Fsp3) is 0.316. The van der Waals surface area contributed by atoms with E-state index in [2.05, 4.69) is 15.6 Å². The third-order valence-corrected chi connectivity index (χ3v) is 4.69. The average molecular weight is 358 g/mol. The zero-order valence-electron chi connectivity index (χ0n) is 13.8. The summed E-state index contributed by atoms with van der Waals surface area (Å²) in [5, 5.41) is 6.20. The first-order chi connectivity index (χ1) is 12.1. The molecule has 1 fully saturated rings. The number of hydrogen-bond donors (Lipinski definition) is 2. The number of carbonyl (C=O) groups excluding carboxylic acids is 2. The fourth-order valence-corrected chi connectivity index (χ4v) is 3.14. The minimum absolute atomic E-state index is 0.136. The number of amides is 2. The number of hydrogen-bond acceptors (Lipinski definition) is 3. The Morgan fingerprint density at radius 1 is 0.960 bits per heavy atom. The van der Waals surface area contributed by atoms with Gasteiger partial charge in [0, 0.05) is 29.6 Å². The van der Waals surface area contributed by atoms with Crippen molar-refractivity contribution >= 4 is 29.1 Å². The van der Waals surface area contributed by atoms with Gasteiger partial charge in [-0.05, 0) is 43.2 Å². The summed E-state index contributed by atoms with van der Waals surface area (Å²) in [4.78, 5) is 28.6. The molecule has 0 unspecified atom stereocenters. The van der Waals surface area contributed by atoms with E-state index in [-0.39, 0.29) is 17.9 Å². The Hall–Kier alpha value is -2.40. The van der Waals surface area contributed by atoms with E-state index < -0.39 is 0 Å². The number of nitrogens with zero attached hydrogens (tertiary/aromatic N) is 1. The van der Waals surface area contributed by atoms with Crippen molar-refractivity contribution in [3.63, 3.8) is 0 Å². The van der Waals surface area contributed by atoms with Gasteiger partial charge in [-0.25, -0.2) is 0 Å². The van der Waals surface area contributed by atoms with Crippen molar-refractivity contribution in [2.75, 3.05) is 5.32 Å². The van der Waals surface area contributed by atoms with Crippen LogP contribution in [0.2, 0.25) is 5.02 Å².